The highest BCUT2D eigenvalue weighted by atomic mass is 32.2. The first-order valence-electron chi connectivity index (χ1n) is 8.41. The maximum atomic E-state index is 12.5. The van der Waals surface area contributed by atoms with Crippen LogP contribution in [-0.4, -0.2) is 37.3 Å². The second-order valence-electron chi connectivity index (χ2n) is 5.66. The van der Waals surface area contributed by atoms with Crippen LogP contribution in [0.1, 0.15) is 24.3 Å². The first-order valence-corrected chi connectivity index (χ1v) is 10.7. The Morgan fingerprint density at radius 3 is 2.35 bits per heavy atom. The van der Waals surface area contributed by atoms with Gasteiger partial charge in [-0.15, -0.1) is 11.3 Å². The van der Waals surface area contributed by atoms with E-state index in [0.717, 1.165) is 16.9 Å². The van der Waals surface area contributed by atoms with Crippen molar-refractivity contribution in [3.63, 3.8) is 0 Å². The quantitative estimate of drug-likeness (QED) is 0.378. The van der Waals surface area contributed by atoms with Crippen LogP contribution in [0.15, 0.2) is 40.6 Å². The number of benzene rings is 1. The second kappa shape index (κ2) is 9.22. The van der Waals surface area contributed by atoms with Crippen molar-refractivity contribution in [1.29, 1.82) is 0 Å². The molecule has 0 unspecified atom stereocenters. The maximum absolute atomic E-state index is 12.5. The first-order chi connectivity index (χ1) is 12.4. The molecule has 0 bridgehead atoms. The minimum Gasteiger partial charge on any atom is -0.312 e. The smallest absolute Gasteiger partial charge is 0.269 e. The number of non-ortho nitro benzene ring substituents is 1. The predicted molar refractivity (Wildman–Crippen MR) is 103 cm³/mol. The van der Waals surface area contributed by atoms with E-state index in [1.807, 2.05) is 19.9 Å². The molecule has 1 N–H and O–H groups in total. The van der Waals surface area contributed by atoms with Gasteiger partial charge in [0.05, 0.1) is 4.92 Å². The number of nitro benzene ring substituents is 1. The van der Waals surface area contributed by atoms with Gasteiger partial charge >= 0.3 is 0 Å². The predicted octanol–water partition coefficient (Wildman–Crippen LogP) is 3.02. The van der Waals surface area contributed by atoms with E-state index in [0.29, 0.717) is 30.4 Å². The normalized spacial score (nSPS) is 11.8. The number of hydrogen-bond donors (Lipinski definition) is 1. The summed E-state index contributed by atoms with van der Waals surface area (Å²) in [7, 11) is -3.39. The molecule has 2 aromatic rings. The molecule has 0 aliphatic rings. The van der Waals surface area contributed by atoms with E-state index in [-0.39, 0.29) is 5.69 Å². The topological polar surface area (TPSA) is 92.6 Å². The fourth-order valence-electron chi connectivity index (χ4n) is 2.50. The summed E-state index contributed by atoms with van der Waals surface area (Å²) in [5, 5.41) is 13.9. The van der Waals surface area contributed by atoms with Crippen molar-refractivity contribution in [3.8, 4) is 0 Å². The molecule has 142 valence electrons. The molecule has 0 saturated carbocycles. The van der Waals surface area contributed by atoms with Gasteiger partial charge in [-0.2, -0.15) is 4.31 Å². The average Bonchev–Trinajstić information content (AvgIpc) is 3.10. The summed E-state index contributed by atoms with van der Waals surface area (Å²) < 4.78 is 26.8. The maximum Gasteiger partial charge on any atom is 0.269 e. The van der Waals surface area contributed by atoms with Gasteiger partial charge in [-0.05, 0) is 24.1 Å². The molecule has 7 nitrogen and oxygen atoms in total. The Kier molecular flexibility index (Phi) is 7.27. The van der Waals surface area contributed by atoms with Crippen LogP contribution in [0.3, 0.4) is 0 Å². The van der Waals surface area contributed by atoms with Crippen molar-refractivity contribution in [3.05, 3.63) is 57.0 Å². The molecule has 0 fully saturated rings. The van der Waals surface area contributed by atoms with Crippen LogP contribution in [0.5, 0.6) is 0 Å². The highest BCUT2D eigenvalue weighted by Crippen LogP contribution is 2.25. The van der Waals surface area contributed by atoms with Gasteiger partial charge in [-0.1, -0.05) is 26.0 Å². The Bertz CT molecular complexity index is 828. The zero-order valence-electron chi connectivity index (χ0n) is 14.8. The number of nitrogens with zero attached hydrogens (tertiary/aromatic N) is 2. The van der Waals surface area contributed by atoms with Gasteiger partial charge in [0.1, 0.15) is 4.21 Å². The molecule has 0 amide bonds. The second-order valence-corrected chi connectivity index (χ2v) is 8.99. The number of nitrogens with one attached hydrogen (secondary N) is 1. The van der Waals surface area contributed by atoms with Crippen molar-refractivity contribution in [1.82, 2.24) is 9.62 Å². The van der Waals surface area contributed by atoms with Crippen LogP contribution in [0, 0.1) is 10.1 Å². The lowest BCUT2D eigenvalue weighted by atomic mass is 10.2. The molecule has 9 heteroatoms. The van der Waals surface area contributed by atoms with E-state index in [2.05, 4.69) is 5.32 Å². The number of hydrogen-bond acceptors (Lipinski definition) is 6. The summed E-state index contributed by atoms with van der Waals surface area (Å²) >= 11 is 1.31. The van der Waals surface area contributed by atoms with Crippen LogP contribution in [0.4, 0.5) is 5.69 Å². The monoisotopic (exact) mass is 397 g/mol. The van der Waals surface area contributed by atoms with Crippen molar-refractivity contribution in [2.45, 2.75) is 31.0 Å². The zero-order valence-corrected chi connectivity index (χ0v) is 16.5. The van der Waals surface area contributed by atoms with E-state index in [4.69, 9.17) is 0 Å². The third kappa shape index (κ3) is 5.10. The molecule has 0 aliphatic heterocycles. The molecule has 2 rings (SSSR count). The summed E-state index contributed by atoms with van der Waals surface area (Å²) in [6, 6.07) is 9.95. The summed E-state index contributed by atoms with van der Waals surface area (Å²) in [6.45, 7) is 5.89. The Morgan fingerprint density at radius 2 is 1.77 bits per heavy atom. The van der Waals surface area contributed by atoms with Gasteiger partial charge in [0, 0.05) is 43.2 Å². The van der Waals surface area contributed by atoms with Gasteiger partial charge in [0.25, 0.3) is 15.7 Å². The molecule has 1 aromatic heterocycles. The summed E-state index contributed by atoms with van der Waals surface area (Å²) in [5.41, 5.74) is 1.04. The highest BCUT2D eigenvalue weighted by Gasteiger charge is 2.23. The Balaban J connectivity index is 1.85. The molecule has 1 aromatic carbocycles. The SMILES string of the molecule is CCN(CC)S(=O)(=O)c1ccc(CCNCc2ccc([N+](=O)[O-])cc2)s1. The number of thiophene rings is 1. The van der Waals surface area contributed by atoms with Crippen LogP contribution < -0.4 is 5.32 Å². The number of nitro groups is 1. The van der Waals surface area contributed by atoms with E-state index in [1.165, 1.54) is 27.8 Å². The van der Waals surface area contributed by atoms with Crippen molar-refractivity contribution in [2.75, 3.05) is 19.6 Å². The standard InChI is InChI=1S/C17H23N3O4S2/c1-3-19(4-2)26(23,24)17-10-9-16(25-17)11-12-18-13-14-5-7-15(8-6-14)20(21)22/h5-10,18H,3-4,11-13H2,1-2H3. The summed E-state index contributed by atoms with van der Waals surface area (Å²) in [5.74, 6) is 0. The Morgan fingerprint density at radius 1 is 1.12 bits per heavy atom. The first kappa shape index (κ1) is 20.5. The van der Waals surface area contributed by atoms with Crippen molar-refractivity contribution < 1.29 is 13.3 Å². The third-order valence-electron chi connectivity index (χ3n) is 3.96. The summed E-state index contributed by atoms with van der Waals surface area (Å²) in [4.78, 5) is 11.2. The molecular formula is C17H23N3O4S2. The minimum absolute atomic E-state index is 0.0780. The Hall–Kier alpha value is -1.81. The summed E-state index contributed by atoms with van der Waals surface area (Å²) in [6.07, 6.45) is 0.728. The fourth-order valence-corrected chi connectivity index (χ4v) is 5.47. The molecule has 0 saturated heterocycles. The lowest BCUT2D eigenvalue weighted by Crippen LogP contribution is -2.29. The van der Waals surface area contributed by atoms with Crippen LogP contribution in [-0.2, 0) is 23.0 Å². The highest BCUT2D eigenvalue weighted by molar-refractivity contribution is 7.91. The van der Waals surface area contributed by atoms with Crippen LogP contribution in [0.25, 0.3) is 0 Å². The number of rotatable bonds is 10. The molecule has 26 heavy (non-hydrogen) atoms. The van der Waals surface area contributed by atoms with E-state index in [1.54, 1.807) is 18.2 Å². The van der Waals surface area contributed by atoms with Gasteiger partial charge in [-0.3, -0.25) is 10.1 Å². The van der Waals surface area contributed by atoms with E-state index < -0.39 is 14.9 Å². The molecule has 1 heterocycles. The van der Waals surface area contributed by atoms with Gasteiger partial charge in [0.15, 0.2) is 0 Å². The lowest BCUT2D eigenvalue weighted by molar-refractivity contribution is -0.384. The molecule has 0 atom stereocenters. The van der Waals surface area contributed by atoms with Crippen LogP contribution >= 0.6 is 11.3 Å². The minimum atomic E-state index is -3.39. The van der Waals surface area contributed by atoms with Crippen molar-refractivity contribution >= 4 is 27.0 Å². The average molecular weight is 398 g/mol. The van der Waals surface area contributed by atoms with Gasteiger partial charge in [0.2, 0.25) is 0 Å². The Labute approximate surface area is 157 Å². The van der Waals surface area contributed by atoms with Gasteiger partial charge < -0.3 is 5.32 Å². The van der Waals surface area contributed by atoms with Gasteiger partial charge in [-0.25, -0.2) is 8.42 Å². The lowest BCUT2D eigenvalue weighted by Gasteiger charge is -2.16. The van der Waals surface area contributed by atoms with Crippen LogP contribution in [0.2, 0.25) is 0 Å². The molecular weight excluding hydrogens is 374 g/mol. The van der Waals surface area contributed by atoms with E-state index in [9.17, 15) is 18.5 Å². The third-order valence-corrected chi connectivity index (χ3v) is 7.62. The molecule has 0 spiro atoms. The molecule has 0 aliphatic carbocycles. The number of sulfonamides is 1. The van der Waals surface area contributed by atoms with Crippen molar-refractivity contribution in [2.24, 2.45) is 0 Å². The molecule has 0 radical (unpaired) electrons. The fraction of sp³-hybridized carbons (Fsp3) is 0.412. The zero-order chi connectivity index (χ0) is 19.2. The largest absolute Gasteiger partial charge is 0.312 e. The van der Waals surface area contributed by atoms with E-state index >= 15 is 0 Å².